The van der Waals surface area contributed by atoms with E-state index in [1.807, 2.05) is 0 Å². The third-order valence-corrected chi connectivity index (χ3v) is 5.56. The van der Waals surface area contributed by atoms with Gasteiger partial charge in [-0.05, 0) is 31.7 Å². The molecule has 23 heavy (non-hydrogen) atoms. The molecule has 2 aliphatic rings. The second kappa shape index (κ2) is 6.06. The summed E-state index contributed by atoms with van der Waals surface area (Å²) in [6.45, 7) is 0.718. The number of benzene rings is 1. The molecule has 126 valence electrons. The van der Waals surface area contributed by atoms with E-state index in [1.165, 1.54) is 12.1 Å². The molecule has 3 atom stereocenters. The average molecular weight is 341 g/mol. The number of rotatable bonds is 4. The van der Waals surface area contributed by atoms with Crippen LogP contribution in [0.1, 0.15) is 25.7 Å². The van der Waals surface area contributed by atoms with Crippen LogP contribution >= 0.6 is 0 Å². The van der Waals surface area contributed by atoms with Crippen LogP contribution in [0.4, 0.5) is 11.4 Å². The minimum absolute atomic E-state index is 0.0817. The van der Waals surface area contributed by atoms with Gasteiger partial charge < -0.3 is 10.1 Å². The maximum absolute atomic E-state index is 11.8. The van der Waals surface area contributed by atoms with Crippen molar-refractivity contribution >= 4 is 21.4 Å². The molecule has 0 spiro atoms. The predicted octanol–water partition coefficient (Wildman–Crippen LogP) is 1.61. The summed E-state index contributed by atoms with van der Waals surface area (Å²) in [6, 6.07) is 3.78. The summed E-state index contributed by atoms with van der Waals surface area (Å²) < 4.78 is 29.3. The zero-order valence-corrected chi connectivity index (χ0v) is 13.3. The van der Waals surface area contributed by atoms with Gasteiger partial charge in [-0.2, -0.15) is 0 Å². The highest BCUT2D eigenvalue weighted by Gasteiger charge is 2.38. The second-order valence-electron chi connectivity index (χ2n) is 6.03. The van der Waals surface area contributed by atoms with Gasteiger partial charge in [-0.1, -0.05) is 0 Å². The van der Waals surface area contributed by atoms with E-state index in [4.69, 9.17) is 9.88 Å². The number of anilines is 1. The Labute approximate surface area is 134 Å². The second-order valence-corrected chi connectivity index (χ2v) is 7.56. The quantitative estimate of drug-likeness (QED) is 0.633. The summed E-state index contributed by atoms with van der Waals surface area (Å²) in [4.78, 5) is 9.98. The molecule has 0 amide bonds. The number of nitro benzene ring substituents is 1. The summed E-state index contributed by atoms with van der Waals surface area (Å²) in [5.41, 5.74) is 0.0148. The monoisotopic (exact) mass is 341 g/mol. The Morgan fingerprint density at radius 3 is 2.78 bits per heavy atom. The molecular formula is C14H19N3O5S. The Kier molecular flexibility index (Phi) is 4.26. The fourth-order valence-electron chi connectivity index (χ4n) is 3.53. The highest BCUT2D eigenvalue weighted by Crippen LogP contribution is 2.37. The number of nitro groups is 1. The number of nitrogens with one attached hydrogen (secondary N) is 1. The van der Waals surface area contributed by atoms with E-state index in [0.717, 1.165) is 38.4 Å². The Balaban J connectivity index is 1.91. The van der Waals surface area contributed by atoms with Crippen LogP contribution in [-0.2, 0) is 14.8 Å². The van der Waals surface area contributed by atoms with Crippen LogP contribution in [-0.4, -0.2) is 32.1 Å². The van der Waals surface area contributed by atoms with Gasteiger partial charge >= 0.3 is 0 Å². The predicted molar refractivity (Wildman–Crippen MR) is 83.6 cm³/mol. The van der Waals surface area contributed by atoms with Crippen LogP contribution in [0.5, 0.6) is 0 Å². The van der Waals surface area contributed by atoms with Crippen molar-refractivity contribution in [3.63, 3.8) is 0 Å². The lowest BCUT2D eigenvalue weighted by Crippen LogP contribution is -2.38. The molecule has 1 saturated carbocycles. The molecule has 2 fully saturated rings. The van der Waals surface area contributed by atoms with Crippen LogP contribution in [0, 0.1) is 16.0 Å². The Hall–Kier alpha value is -1.71. The van der Waals surface area contributed by atoms with Crippen molar-refractivity contribution in [1.29, 1.82) is 0 Å². The van der Waals surface area contributed by atoms with Crippen molar-refractivity contribution < 1.29 is 18.1 Å². The van der Waals surface area contributed by atoms with E-state index >= 15 is 0 Å². The van der Waals surface area contributed by atoms with Gasteiger partial charge in [-0.15, -0.1) is 0 Å². The molecule has 1 aromatic rings. The molecule has 1 aliphatic heterocycles. The maximum Gasteiger partial charge on any atom is 0.270 e. The van der Waals surface area contributed by atoms with Gasteiger partial charge in [0.2, 0.25) is 10.0 Å². The summed E-state index contributed by atoms with van der Waals surface area (Å²) in [7, 11) is -4.06. The zero-order chi connectivity index (χ0) is 16.6. The largest absolute Gasteiger partial charge is 0.381 e. The third-order valence-electron chi connectivity index (χ3n) is 4.60. The van der Waals surface area contributed by atoms with E-state index in [0.29, 0.717) is 11.6 Å². The molecule has 0 aromatic heterocycles. The summed E-state index contributed by atoms with van der Waals surface area (Å²) in [6.07, 6.45) is 4.06. The van der Waals surface area contributed by atoms with Gasteiger partial charge in [0.25, 0.3) is 5.69 Å². The zero-order valence-electron chi connectivity index (χ0n) is 12.5. The molecule has 3 rings (SSSR count). The van der Waals surface area contributed by atoms with E-state index in [1.54, 1.807) is 0 Å². The standard InChI is InChI=1S/C14H19N3O5S/c15-23(20,21)14-8-9(17(18)19)4-5-12(14)16-11-2-1-3-13-10(11)6-7-22-13/h4-5,8,10-11,13,16H,1-3,6-7H2,(H2,15,20,21). The first kappa shape index (κ1) is 16.2. The molecule has 0 radical (unpaired) electrons. The van der Waals surface area contributed by atoms with E-state index < -0.39 is 14.9 Å². The topological polar surface area (TPSA) is 125 Å². The first-order valence-electron chi connectivity index (χ1n) is 7.55. The fraction of sp³-hybridized carbons (Fsp3) is 0.571. The number of primary sulfonamides is 1. The summed E-state index contributed by atoms with van der Waals surface area (Å²) in [5, 5.41) is 19.3. The van der Waals surface area contributed by atoms with Crippen molar-refractivity contribution in [2.45, 2.75) is 42.7 Å². The fourth-order valence-corrected chi connectivity index (χ4v) is 4.25. The molecule has 1 aromatic carbocycles. The molecule has 8 nitrogen and oxygen atoms in total. The molecule has 1 heterocycles. The van der Waals surface area contributed by atoms with Crippen LogP contribution in [0.25, 0.3) is 0 Å². The van der Waals surface area contributed by atoms with Gasteiger partial charge in [-0.25, -0.2) is 13.6 Å². The molecule has 3 unspecified atom stereocenters. The molecule has 3 N–H and O–H groups in total. The van der Waals surface area contributed by atoms with Gasteiger partial charge in [0, 0.05) is 30.7 Å². The van der Waals surface area contributed by atoms with Crippen LogP contribution in [0.3, 0.4) is 0 Å². The highest BCUT2D eigenvalue weighted by atomic mass is 32.2. The Morgan fingerprint density at radius 1 is 1.30 bits per heavy atom. The Morgan fingerprint density at radius 2 is 2.09 bits per heavy atom. The molecular weight excluding hydrogens is 322 g/mol. The molecule has 1 aliphatic carbocycles. The highest BCUT2D eigenvalue weighted by molar-refractivity contribution is 7.89. The molecule has 1 saturated heterocycles. The SMILES string of the molecule is NS(=O)(=O)c1cc([N+](=O)[O-])ccc1NC1CCCC2OCCC12. The first-order chi connectivity index (χ1) is 10.9. The van der Waals surface area contributed by atoms with E-state index in [9.17, 15) is 18.5 Å². The van der Waals surface area contributed by atoms with Crippen molar-refractivity contribution in [3.8, 4) is 0 Å². The number of sulfonamides is 1. The lowest BCUT2D eigenvalue weighted by molar-refractivity contribution is -0.385. The van der Waals surface area contributed by atoms with Crippen molar-refractivity contribution in [3.05, 3.63) is 28.3 Å². The lowest BCUT2D eigenvalue weighted by atomic mass is 9.81. The van der Waals surface area contributed by atoms with Gasteiger partial charge in [0.15, 0.2) is 0 Å². The average Bonchev–Trinajstić information content (AvgIpc) is 2.96. The molecule has 9 heteroatoms. The van der Waals surface area contributed by atoms with Crippen molar-refractivity contribution in [2.75, 3.05) is 11.9 Å². The number of hydrogen-bond acceptors (Lipinski definition) is 6. The van der Waals surface area contributed by atoms with Gasteiger partial charge in [0.1, 0.15) is 4.90 Å². The lowest BCUT2D eigenvalue weighted by Gasteiger charge is -2.34. The minimum atomic E-state index is -4.06. The van der Waals surface area contributed by atoms with Crippen molar-refractivity contribution in [2.24, 2.45) is 11.1 Å². The maximum atomic E-state index is 11.8. The number of non-ortho nitro benzene ring substituents is 1. The van der Waals surface area contributed by atoms with Crippen LogP contribution in [0.15, 0.2) is 23.1 Å². The number of ether oxygens (including phenoxy) is 1. The molecule has 0 bridgehead atoms. The van der Waals surface area contributed by atoms with Gasteiger partial charge in [-0.3, -0.25) is 10.1 Å². The van der Waals surface area contributed by atoms with Crippen molar-refractivity contribution in [1.82, 2.24) is 0 Å². The normalized spacial score (nSPS) is 27.4. The minimum Gasteiger partial charge on any atom is -0.381 e. The van der Waals surface area contributed by atoms with E-state index in [2.05, 4.69) is 5.32 Å². The summed E-state index contributed by atoms with van der Waals surface area (Å²) >= 11 is 0. The number of hydrogen-bond donors (Lipinski definition) is 2. The first-order valence-corrected chi connectivity index (χ1v) is 9.10. The number of fused-ring (bicyclic) bond motifs is 1. The summed E-state index contributed by atoms with van der Waals surface area (Å²) in [5.74, 6) is 0.326. The van der Waals surface area contributed by atoms with Crippen LogP contribution in [0.2, 0.25) is 0 Å². The smallest absolute Gasteiger partial charge is 0.270 e. The number of nitrogens with two attached hydrogens (primary N) is 1. The number of nitrogens with zero attached hydrogens (tertiary/aromatic N) is 1. The van der Waals surface area contributed by atoms with E-state index in [-0.39, 0.29) is 22.7 Å². The van der Waals surface area contributed by atoms with Crippen LogP contribution < -0.4 is 10.5 Å². The Bertz CT molecular complexity index is 721. The van der Waals surface area contributed by atoms with Gasteiger partial charge in [0.05, 0.1) is 16.7 Å². The third kappa shape index (κ3) is 3.31.